The van der Waals surface area contributed by atoms with Crippen molar-refractivity contribution in [1.82, 2.24) is 19.9 Å². The highest BCUT2D eigenvalue weighted by Gasteiger charge is 2.39. The summed E-state index contributed by atoms with van der Waals surface area (Å²) < 4.78 is 16.5. The predicted molar refractivity (Wildman–Crippen MR) is 207 cm³/mol. The summed E-state index contributed by atoms with van der Waals surface area (Å²) in [5.41, 5.74) is 3.48. The van der Waals surface area contributed by atoms with Crippen LogP contribution in [0.25, 0.3) is 0 Å². The first-order valence-corrected chi connectivity index (χ1v) is 17.9. The Labute approximate surface area is 319 Å². The van der Waals surface area contributed by atoms with Gasteiger partial charge in [0.2, 0.25) is 5.95 Å². The summed E-state index contributed by atoms with van der Waals surface area (Å²) in [6.07, 6.45) is 7.12. The van der Waals surface area contributed by atoms with Crippen molar-refractivity contribution in [3.8, 4) is 11.5 Å². The van der Waals surface area contributed by atoms with Crippen LogP contribution < -0.4 is 29.5 Å². The third-order valence-electron chi connectivity index (χ3n) is 8.99. The molecular formula is C38H42Cl2N8O5. The van der Waals surface area contributed by atoms with Gasteiger partial charge in [-0.15, -0.1) is 0 Å². The fourth-order valence-electron chi connectivity index (χ4n) is 6.22. The Kier molecular flexibility index (Phi) is 12.0. The molecule has 6 rings (SSSR count). The fraction of sp³-hybridized carbons (Fsp3) is 0.342. The second-order valence-electron chi connectivity index (χ2n) is 12.9. The summed E-state index contributed by atoms with van der Waals surface area (Å²) in [6, 6.07) is 12.1. The molecule has 2 aliphatic heterocycles. The zero-order chi connectivity index (χ0) is 37.6. The maximum Gasteiger partial charge on any atom is 0.331 e. The number of carbonyl (C=O) groups excluding carboxylic acids is 2. The third kappa shape index (κ3) is 8.49. The van der Waals surface area contributed by atoms with E-state index in [1.165, 1.54) is 19.1 Å². The van der Waals surface area contributed by atoms with Gasteiger partial charge in [0.1, 0.15) is 33.2 Å². The highest BCUT2D eigenvalue weighted by atomic mass is 35.5. The van der Waals surface area contributed by atoms with Crippen molar-refractivity contribution in [2.24, 2.45) is 0 Å². The van der Waals surface area contributed by atoms with Gasteiger partial charge in [-0.25, -0.2) is 14.8 Å². The van der Waals surface area contributed by atoms with Gasteiger partial charge in [0.25, 0.3) is 0 Å². The highest BCUT2D eigenvalue weighted by molar-refractivity contribution is 6.42. The number of hydrogen-bond donors (Lipinski definition) is 1. The molecule has 1 unspecified atom stereocenters. The SMILES string of the molecule is COc1cc(OC)c(Cl)c(N2Cc3cnc(Nc4ccc(N5CCOCC5)cn4)nc3N(C(C)c3cccc(CC(=O)/C=C/CN(C)C)c3)C2=O)c1Cl. The molecule has 2 aromatic carbocycles. The van der Waals surface area contributed by atoms with Crippen LogP contribution in [0.1, 0.15) is 29.7 Å². The minimum absolute atomic E-state index is 0.0199. The molecule has 53 heavy (non-hydrogen) atoms. The quantitative estimate of drug-likeness (QED) is 0.146. The Morgan fingerprint density at radius 1 is 1.04 bits per heavy atom. The van der Waals surface area contributed by atoms with Crippen molar-refractivity contribution in [3.63, 3.8) is 0 Å². The standard InChI is InChI=1S/C38H42Cl2N8O5/c1-24(26-9-6-8-25(18-26)19-29(49)10-7-13-45(2)3)48-36-27(23-47(38(48)50)35-33(39)30(51-4)20-31(52-5)34(35)40)21-42-37(44-36)43-32-12-11-28(22-41-32)46-14-16-53-17-15-46/h6-12,18,20-22,24H,13-17,19,23H2,1-5H3,(H,41,42,43,44)/b10-7+. The molecule has 1 atom stereocenters. The predicted octanol–water partition coefficient (Wildman–Crippen LogP) is 6.71. The lowest BCUT2D eigenvalue weighted by Gasteiger charge is -2.40. The number of halogens is 2. The summed E-state index contributed by atoms with van der Waals surface area (Å²) >= 11 is 13.7. The second kappa shape index (κ2) is 16.8. The van der Waals surface area contributed by atoms with Crippen LogP contribution in [0.3, 0.4) is 0 Å². The summed E-state index contributed by atoms with van der Waals surface area (Å²) in [4.78, 5) is 48.9. The smallest absolute Gasteiger partial charge is 0.331 e. The van der Waals surface area contributed by atoms with Crippen LogP contribution in [0, 0.1) is 0 Å². The number of aromatic nitrogens is 3. The number of carbonyl (C=O) groups is 2. The molecule has 15 heteroatoms. The Morgan fingerprint density at radius 3 is 2.43 bits per heavy atom. The van der Waals surface area contributed by atoms with E-state index in [1.54, 1.807) is 29.4 Å². The van der Waals surface area contributed by atoms with Crippen LogP contribution in [0.2, 0.25) is 10.0 Å². The number of urea groups is 1. The lowest BCUT2D eigenvalue weighted by Crippen LogP contribution is -2.49. The number of ether oxygens (including phenoxy) is 3. The average Bonchev–Trinajstić information content (AvgIpc) is 3.15. The zero-order valence-corrected chi connectivity index (χ0v) is 31.8. The Balaban J connectivity index is 1.36. The van der Waals surface area contributed by atoms with Crippen molar-refractivity contribution in [2.45, 2.75) is 25.9 Å². The lowest BCUT2D eigenvalue weighted by atomic mass is 10.00. The number of allylic oxidation sites excluding steroid dienone is 1. The number of amides is 2. The van der Waals surface area contributed by atoms with E-state index in [0.717, 1.165) is 29.9 Å². The van der Waals surface area contributed by atoms with Crippen LogP contribution in [0.4, 0.5) is 33.8 Å². The van der Waals surface area contributed by atoms with Crippen molar-refractivity contribution in [2.75, 3.05) is 81.2 Å². The molecule has 1 fully saturated rings. The number of nitrogens with zero attached hydrogens (tertiary/aromatic N) is 7. The van der Waals surface area contributed by atoms with E-state index in [4.69, 9.17) is 42.4 Å². The van der Waals surface area contributed by atoms with Crippen LogP contribution >= 0.6 is 23.2 Å². The van der Waals surface area contributed by atoms with Gasteiger partial charge in [0.05, 0.1) is 57.6 Å². The number of morpholine rings is 1. The number of pyridine rings is 1. The summed E-state index contributed by atoms with van der Waals surface area (Å²) in [7, 11) is 6.84. The highest BCUT2D eigenvalue weighted by Crippen LogP contribution is 2.48. The van der Waals surface area contributed by atoms with E-state index >= 15 is 0 Å². The monoisotopic (exact) mass is 760 g/mol. The molecule has 278 valence electrons. The first kappa shape index (κ1) is 37.8. The van der Waals surface area contributed by atoms with Gasteiger partial charge < -0.3 is 29.3 Å². The summed E-state index contributed by atoms with van der Waals surface area (Å²) in [6.45, 7) is 5.58. The molecule has 2 amide bonds. The Hall–Kier alpha value is -4.95. The Morgan fingerprint density at radius 2 is 1.77 bits per heavy atom. The van der Waals surface area contributed by atoms with Gasteiger partial charge in [-0.1, -0.05) is 53.5 Å². The molecule has 2 aromatic heterocycles. The second-order valence-corrected chi connectivity index (χ2v) is 13.6. The van der Waals surface area contributed by atoms with Gasteiger partial charge in [-0.05, 0) is 50.4 Å². The maximum absolute atomic E-state index is 14.8. The van der Waals surface area contributed by atoms with Crippen molar-refractivity contribution in [1.29, 1.82) is 0 Å². The molecule has 4 aromatic rings. The number of likely N-dealkylation sites (N-methyl/N-ethyl adjacent to an activating group) is 1. The first-order valence-electron chi connectivity index (χ1n) is 17.1. The largest absolute Gasteiger partial charge is 0.495 e. The summed E-state index contributed by atoms with van der Waals surface area (Å²) in [5.74, 6) is 1.77. The number of nitrogens with one attached hydrogen (secondary N) is 1. The number of fused-ring (bicyclic) bond motifs is 1. The number of rotatable bonds is 13. The number of benzene rings is 2. The average molecular weight is 762 g/mol. The molecule has 1 N–H and O–H groups in total. The third-order valence-corrected chi connectivity index (χ3v) is 9.72. The van der Waals surface area contributed by atoms with Gasteiger partial charge in [-0.2, -0.15) is 4.98 Å². The maximum atomic E-state index is 14.8. The van der Waals surface area contributed by atoms with Gasteiger partial charge in [-0.3, -0.25) is 14.6 Å². The van der Waals surface area contributed by atoms with E-state index < -0.39 is 12.1 Å². The van der Waals surface area contributed by atoms with Crippen molar-refractivity contribution >= 4 is 64.0 Å². The van der Waals surface area contributed by atoms with E-state index in [9.17, 15) is 9.59 Å². The van der Waals surface area contributed by atoms with E-state index in [1.807, 2.05) is 68.4 Å². The van der Waals surface area contributed by atoms with Crippen molar-refractivity contribution < 1.29 is 23.8 Å². The van der Waals surface area contributed by atoms with Gasteiger partial charge in [0, 0.05) is 43.9 Å². The topological polar surface area (TPSA) is 125 Å². The molecule has 1 saturated heterocycles. The lowest BCUT2D eigenvalue weighted by molar-refractivity contribution is -0.114. The number of hydrogen-bond acceptors (Lipinski definition) is 11. The molecule has 0 aliphatic carbocycles. The molecule has 0 saturated carbocycles. The van der Waals surface area contributed by atoms with E-state index in [2.05, 4.69) is 20.2 Å². The Bertz CT molecular complexity index is 1960. The van der Waals surface area contributed by atoms with Gasteiger partial charge in [0.15, 0.2) is 5.78 Å². The van der Waals surface area contributed by atoms with Gasteiger partial charge >= 0.3 is 6.03 Å². The van der Waals surface area contributed by atoms with Crippen LogP contribution in [-0.4, -0.2) is 92.8 Å². The molecule has 0 bridgehead atoms. The molecule has 13 nitrogen and oxygen atoms in total. The number of ketones is 1. The van der Waals surface area contributed by atoms with Crippen molar-refractivity contribution in [3.05, 3.63) is 93.7 Å². The number of methoxy groups -OCH3 is 2. The molecule has 4 heterocycles. The minimum Gasteiger partial charge on any atom is -0.495 e. The molecular weight excluding hydrogens is 719 g/mol. The minimum atomic E-state index is -0.554. The molecule has 0 spiro atoms. The van der Waals surface area contributed by atoms with Crippen LogP contribution in [0.15, 0.2) is 67.0 Å². The van der Waals surface area contributed by atoms with E-state index in [-0.39, 0.29) is 40.4 Å². The normalized spacial score (nSPS) is 15.2. The molecule has 2 aliphatic rings. The van der Waals surface area contributed by atoms with Crippen LogP contribution in [0.5, 0.6) is 11.5 Å². The zero-order valence-electron chi connectivity index (χ0n) is 30.3. The fourth-order valence-corrected chi connectivity index (χ4v) is 6.93. The summed E-state index contributed by atoms with van der Waals surface area (Å²) in [5, 5.41) is 3.49. The van der Waals surface area contributed by atoms with Crippen LogP contribution in [-0.2, 0) is 22.5 Å². The van der Waals surface area contributed by atoms with E-state index in [0.29, 0.717) is 48.5 Å². The molecule has 0 radical (unpaired) electrons. The first-order chi connectivity index (χ1) is 25.6. The number of anilines is 5.